The monoisotopic (exact) mass is 490 g/mol. The van der Waals surface area contributed by atoms with Gasteiger partial charge >= 0.3 is 0 Å². The van der Waals surface area contributed by atoms with Crippen LogP contribution in [0, 0.1) is 6.92 Å². The van der Waals surface area contributed by atoms with Crippen LogP contribution in [0.1, 0.15) is 32.8 Å². The number of aryl methyl sites for hydroxylation is 1. The van der Waals surface area contributed by atoms with Crippen LogP contribution in [0.3, 0.4) is 0 Å². The fourth-order valence-electron chi connectivity index (χ4n) is 4.72. The molecule has 2 aromatic carbocycles. The minimum Gasteiger partial charge on any atom is -0.353 e. The predicted molar refractivity (Wildman–Crippen MR) is 141 cm³/mol. The van der Waals surface area contributed by atoms with Crippen LogP contribution in [0.25, 0.3) is 0 Å². The Morgan fingerprint density at radius 1 is 1.09 bits per heavy atom. The summed E-state index contributed by atoms with van der Waals surface area (Å²) in [6.07, 6.45) is 1.51. The molecule has 1 fully saturated rings. The van der Waals surface area contributed by atoms with Crippen LogP contribution < -0.4 is 11.1 Å². The number of carbonyl (C=O) groups is 2. The summed E-state index contributed by atoms with van der Waals surface area (Å²) in [5.41, 5.74) is 9.42. The maximum Gasteiger partial charge on any atom is 0.264 e. The van der Waals surface area contributed by atoms with Crippen LogP contribution in [-0.4, -0.2) is 59.9 Å². The lowest BCUT2D eigenvalue weighted by atomic mass is 10.0. The van der Waals surface area contributed by atoms with E-state index in [-0.39, 0.29) is 17.9 Å². The fraction of sp³-hybridized carbons (Fsp3) is 0.357. The third kappa shape index (κ3) is 6.36. The summed E-state index contributed by atoms with van der Waals surface area (Å²) in [5, 5.41) is 4.81. The Hall–Kier alpha value is -3.00. The molecule has 0 radical (unpaired) electrons. The molecule has 0 saturated carbocycles. The van der Waals surface area contributed by atoms with Gasteiger partial charge in [0, 0.05) is 38.8 Å². The smallest absolute Gasteiger partial charge is 0.264 e. The Labute approximate surface area is 211 Å². The molecule has 0 spiro atoms. The number of nitrogens with two attached hydrogens (primary N) is 1. The first-order chi connectivity index (χ1) is 17.1. The van der Waals surface area contributed by atoms with Gasteiger partial charge in [0.15, 0.2) is 0 Å². The Balaban J connectivity index is 1.58. The van der Waals surface area contributed by atoms with E-state index in [1.807, 2.05) is 23.6 Å². The topological polar surface area (TPSA) is 78.7 Å². The zero-order valence-electron chi connectivity index (χ0n) is 20.2. The van der Waals surface area contributed by atoms with Crippen molar-refractivity contribution < 1.29 is 9.59 Å². The molecule has 35 heavy (non-hydrogen) atoms. The number of nitrogens with zero attached hydrogens (tertiary/aromatic N) is 2. The number of amides is 2. The van der Waals surface area contributed by atoms with Crippen molar-refractivity contribution in [1.82, 2.24) is 15.1 Å². The van der Waals surface area contributed by atoms with Crippen molar-refractivity contribution in [3.05, 3.63) is 93.7 Å². The van der Waals surface area contributed by atoms with Crippen LogP contribution in [0.2, 0.25) is 0 Å². The molecule has 6 nitrogen and oxygen atoms in total. The lowest BCUT2D eigenvalue weighted by molar-refractivity contribution is -0.124. The van der Waals surface area contributed by atoms with Gasteiger partial charge in [0.25, 0.3) is 5.91 Å². The van der Waals surface area contributed by atoms with Gasteiger partial charge in [-0.3, -0.25) is 14.5 Å². The van der Waals surface area contributed by atoms with Crippen molar-refractivity contribution in [2.24, 2.45) is 5.73 Å². The summed E-state index contributed by atoms with van der Waals surface area (Å²) in [6.45, 7) is 5.07. The first-order valence-electron chi connectivity index (χ1n) is 12.2. The van der Waals surface area contributed by atoms with E-state index in [4.69, 9.17) is 5.73 Å². The molecule has 1 aliphatic rings. The van der Waals surface area contributed by atoms with Gasteiger partial charge in [0.2, 0.25) is 5.91 Å². The second-order valence-corrected chi connectivity index (χ2v) is 10.0. The van der Waals surface area contributed by atoms with Gasteiger partial charge in [-0.15, -0.1) is 11.3 Å². The van der Waals surface area contributed by atoms with Gasteiger partial charge in [-0.05, 0) is 47.9 Å². The maximum absolute atomic E-state index is 13.4. The predicted octanol–water partition coefficient (Wildman–Crippen LogP) is 3.46. The molecule has 1 aliphatic heterocycles. The van der Waals surface area contributed by atoms with Gasteiger partial charge in [0.1, 0.15) is 6.04 Å². The molecular weight excluding hydrogens is 456 g/mol. The lowest BCUT2D eigenvalue weighted by Crippen LogP contribution is -2.46. The van der Waals surface area contributed by atoms with Crippen LogP contribution in [0.5, 0.6) is 0 Å². The molecule has 4 rings (SSSR count). The summed E-state index contributed by atoms with van der Waals surface area (Å²) >= 11 is 1.41. The van der Waals surface area contributed by atoms with Gasteiger partial charge in [-0.25, -0.2) is 0 Å². The highest BCUT2D eigenvalue weighted by atomic mass is 32.1. The van der Waals surface area contributed by atoms with Crippen molar-refractivity contribution in [2.45, 2.75) is 38.4 Å². The highest BCUT2D eigenvalue weighted by Gasteiger charge is 2.42. The summed E-state index contributed by atoms with van der Waals surface area (Å²) < 4.78 is 0. The molecule has 7 heteroatoms. The number of rotatable bonds is 10. The Bertz CT molecular complexity index is 1100. The average molecular weight is 491 g/mol. The number of likely N-dealkylation sites (tertiary alicyclic amines) is 1. The Kier molecular flexibility index (Phi) is 8.69. The lowest BCUT2D eigenvalue weighted by Gasteiger charge is -2.29. The van der Waals surface area contributed by atoms with E-state index in [2.05, 4.69) is 65.7 Å². The summed E-state index contributed by atoms with van der Waals surface area (Å²) in [7, 11) is 0. The molecule has 2 heterocycles. The first kappa shape index (κ1) is 25.1. The summed E-state index contributed by atoms with van der Waals surface area (Å²) in [4.78, 5) is 31.3. The van der Waals surface area contributed by atoms with Crippen molar-refractivity contribution in [2.75, 3.05) is 26.2 Å². The number of nitrogens with one attached hydrogen (secondary N) is 1. The zero-order chi connectivity index (χ0) is 24.6. The summed E-state index contributed by atoms with van der Waals surface area (Å²) in [5.74, 6) is -0.198. The van der Waals surface area contributed by atoms with E-state index in [0.29, 0.717) is 30.9 Å². The van der Waals surface area contributed by atoms with Crippen molar-refractivity contribution in [3.63, 3.8) is 0 Å². The van der Waals surface area contributed by atoms with Crippen molar-refractivity contribution in [1.29, 1.82) is 0 Å². The van der Waals surface area contributed by atoms with E-state index >= 15 is 0 Å². The highest BCUT2D eigenvalue weighted by Crippen LogP contribution is 2.28. The number of carbonyl (C=O) groups excluding carboxylic acids is 2. The largest absolute Gasteiger partial charge is 0.353 e. The molecular formula is C28H34N4O2S. The van der Waals surface area contributed by atoms with Gasteiger partial charge in [-0.2, -0.15) is 0 Å². The van der Waals surface area contributed by atoms with Gasteiger partial charge in [0.05, 0.1) is 4.88 Å². The second kappa shape index (κ2) is 12.1. The molecule has 2 atom stereocenters. The van der Waals surface area contributed by atoms with Crippen molar-refractivity contribution >= 4 is 23.2 Å². The van der Waals surface area contributed by atoms with Crippen LogP contribution in [-0.2, 0) is 17.8 Å². The Morgan fingerprint density at radius 2 is 1.86 bits per heavy atom. The third-order valence-electron chi connectivity index (χ3n) is 6.70. The number of thiophene rings is 1. The molecule has 1 aromatic heterocycles. The quantitative estimate of drug-likeness (QED) is 0.456. The zero-order valence-corrected chi connectivity index (χ0v) is 21.0. The molecule has 2 unspecified atom stereocenters. The van der Waals surface area contributed by atoms with Crippen LogP contribution in [0.15, 0.2) is 72.1 Å². The third-order valence-corrected chi connectivity index (χ3v) is 7.56. The average Bonchev–Trinajstić information content (AvgIpc) is 3.57. The molecule has 184 valence electrons. The molecule has 2 amide bonds. The number of benzene rings is 2. The van der Waals surface area contributed by atoms with Crippen LogP contribution >= 0.6 is 11.3 Å². The fourth-order valence-corrected chi connectivity index (χ4v) is 5.40. The maximum atomic E-state index is 13.4. The number of hydrogen-bond donors (Lipinski definition) is 2. The normalized spacial score (nSPS) is 17.6. The molecule has 0 aliphatic carbocycles. The molecule has 3 aromatic rings. The number of hydrogen-bond acceptors (Lipinski definition) is 5. The van der Waals surface area contributed by atoms with Crippen molar-refractivity contribution in [3.8, 4) is 0 Å². The molecule has 1 saturated heterocycles. The molecule has 0 bridgehead atoms. The Morgan fingerprint density at radius 3 is 2.57 bits per heavy atom. The van der Waals surface area contributed by atoms with E-state index in [1.54, 1.807) is 4.90 Å². The summed E-state index contributed by atoms with van der Waals surface area (Å²) in [6, 6.07) is 22.2. The highest BCUT2D eigenvalue weighted by molar-refractivity contribution is 7.12. The standard InChI is InChI=1S/C28H34N4O2S/c1-21-8-5-6-11-23(21)19-31(16-13-22-9-3-2-4-10-22)24-18-25(27(33)30-15-14-29)32(20-24)28(34)26-12-7-17-35-26/h2-12,17,24-25H,13-16,18-20,29H2,1H3,(H,30,33). The van der Waals surface area contributed by atoms with E-state index in [0.717, 1.165) is 19.5 Å². The van der Waals surface area contributed by atoms with Crippen LogP contribution in [0.4, 0.5) is 0 Å². The van der Waals surface area contributed by atoms with Gasteiger partial charge < -0.3 is 16.0 Å². The van der Waals surface area contributed by atoms with Gasteiger partial charge in [-0.1, -0.05) is 60.7 Å². The molecule has 3 N–H and O–H groups in total. The van der Waals surface area contributed by atoms with E-state index in [1.165, 1.54) is 28.0 Å². The minimum atomic E-state index is -0.503. The van der Waals surface area contributed by atoms with E-state index < -0.39 is 6.04 Å². The second-order valence-electron chi connectivity index (χ2n) is 9.05. The van der Waals surface area contributed by atoms with E-state index in [9.17, 15) is 9.59 Å². The minimum absolute atomic E-state index is 0.0747. The SMILES string of the molecule is Cc1ccccc1CN(CCc1ccccc1)C1CC(C(=O)NCCN)N(C(=O)c2cccs2)C1. The first-order valence-corrected chi connectivity index (χ1v) is 13.1.